The molecule has 0 aliphatic carbocycles. The standard InChI is InChI=1S/C21H30BN4O6/c1-12(2)18(26-21(31)32-5)20(30)25-16(10-23-13(3)27)19(29)24-11-17(28)14-6-8-15(22-4)9-7-14/h6-9,12,16,18H,10-11H2,1-5H3,(H,23,27)(H,24,29)(H,25,30)(H,26,31)/t16-,18-/m0/s1. The molecule has 2 atom stereocenters. The second-order valence-electron chi connectivity index (χ2n) is 7.41. The van der Waals surface area contributed by atoms with Crippen LogP contribution in [0.3, 0.4) is 0 Å². The van der Waals surface area contributed by atoms with E-state index in [0.717, 1.165) is 5.46 Å². The summed E-state index contributed by atoms with van der Waals surface area (Å²) in [5, 5.41) is 9.87. The highest BCUT2D eigenvalue weighted by molar-refractivity contribution is 6.51. The molecule has 1 rings (SSSR count). The Balaban J connectivity index is 2.83. The van der Waals surface area contributed by atoms with Gasteiger partial charge in [-0.2, -0.15) is 0 Å². The van der Waals surface area contributed by atoms with Gasteiger partial charge in [0, 0.05) is 19.0 Å². The normalized spacial score (nSPS) is 12.2. The fourth-order valence-electron chi connectivity index (χ4n) is 2.69. The minimum absolute atomic E-state index is 0.189. The molecule has 0 saturated carbocycles. The molecule has 0 bridgehead atoms. The Morgan fingerprint density at radius 1 is 0.969 bits per heavy atom. The smallest absolute Gasteiger partial charge is 0.407 e. The summed E-state index contributed by atoms with van der Waals surface area (Å²) in [6, 6.07) is 4.77. The molecule has 0 unspecified atom stereocenters. The Bertz CT molecular complexity index is 828. The van der Waals surface area contributed by atoms with Crippen molar-refractivity contribution in [2.75, 3.05) is 20.2 Å². The number of ether oxygens (including phenoxy) is 1. The van der Waals surface area contributed by atoms with Crippen LogP contribution in [-0.2, 0) is 19.1 Å². The SMILES string of the molecule is C[B]c1ccc(C(=O)CNC(=O)[C@H](CNC(C)=O)NC(=O)[C@@H](NC(=O)OC)C(C)C)cc1. The molecule has 0 spiro atoms. The van der Waals surface area contributed by atoms with Crippen LogP contribution < -0.4 is 26.7 Å². The summed E-state index contributed by atoms with van der Waals surface area (Å²) in [7, 11) is 3.06. The molecule has 0 aliphatic heterocycles. The molecule has 0 aromatic heterocycles. The lowest BCUT2D eigenvalue weighted by Crippen LogP contribution is -2.58. The van der Waals surface area contributed by atoms with Gasteiger partial charge in [-0.3, -0.25) is 19.2 Å². The summed E-state index contributed by atoms with van der Waals surface area (Å²) in [5.41, 5.74) is 1.39. The topological polar surface area (TPSA) is 143 Å². The number of carbonyl (C=O) groups is 5. The van der Waals surface area contributed by atoms with Gasteiger partial charge >= 0.3 is 6.09 Å². The summed E-state index contributed by atoms with van der Waals surface area (Å²) < 4.78 is 4.53. The van der Waals surface area contributed by atoms with Crippen molar-refractivity contribution in [3.05, 3.63) is 29.8 Å². The number of ketones is 1. The molecule has 1 aromatic rings. The number of alkyl carbamates (subject to hydrolysis) is 1. The van der Waals surface area contributed by atoms with Crippen LogP contribution in [0, 0.1) is 5.92 Å². The minimum atomic E-state index is -1.16. The van der Waals surface area contributed by atoms with Gasteiger partial charge in [-0.15, -0.1) is 0 Å². The van der Waals surface area contributed by atoms with E-state index in [4.69, 9.17) is 0 Å². The van der Waals surface area contributed by atoms with E-state index in [0.29, 0.717) is 5.56 Å². The first-order valence-corrected chi connectivity index (χ1v) is 10.2. The zero-order valence-corrected chi connectivity index (χ0v) is 19.0. The number of hydrogen-bond acceptors (Lipinski definition) is 6. The highest BCUT2D eigenvalue weighted by Crippen LogP contribution is 2.03. The zero-order chi connectivity index (χ0) is 24.3. The minimum Gasteiger partial charge on any atom is -0.453 e. The molecule has 4 N–H and O–H groups in total. The molecular weight excluding hydrogens is 415 g/mol. The first-order chi connectivity index (χ1) is 15.1. The Morgan fingerprint density at radius 3 is 2.09 bits per heavy atom. The molecule has 32 heavy (non-hydrogen) atoms. The Kier molecular flexibility index (Phi) is 10.9. The summed E-state index contributed by atoms with van der Waals surface area (Å²) in [6.07, 6.45) is -0.793. The van der Waals surface area contributed by atoms with Crippen molar-refractivity contribution in [2.45, 2.75) is 39.7 Å². The summed E-state index contributed by atoms with van der Waals surface area (Å²) in [5.74, 6) is -2.29. The van der Waals surface area contributed by atoms with E-state index in [1.807, 2.05) is 14.1 Å². The number of hydrogen-bond donors (Lipinski definition) is 4. The van der Waals surface area contributed by atoms with Crippen molar-refractivity contribution >= 4 is 42.3 Å². The summed E-state index contributed by atoms with van der Waals surface area (Å²) >= 11 is 0. The third kappa shape index (κ3) is 8.79. The van der Waals surface area contributed by atoms with E-state index in [9.17, 15) is 24.0 Å². The Labute approximate surface area is 188 Å². The summed E-state index contributed by atoms with van der Waals surface area (Å²) in [4.78, 5) is 60.5. The maximum atomic E-state index is 12.7. The van der Waals surface area contributed by atoms with E-state index < -0.39 is 35.9 Å². The number of amides is 4. The van der Waals surface area contributed by atoms with Crippen LogP contribution in [0.2, 0.25) is 6.82 Å². The van der Waals surface area contributed by atoms with E-state index in [1.54, 1.807) is 38.1 Å². The molecule has 1 aromatic carbocycles. The molecule has 1 radical (unpaired) electrons. The Morgan fingerprint density at radius 2 is 1.59 bits per heavy atom. The van der Waals surface area contributed by atoms with Crippen LogP contribution in [0.25, 0.3) is 0 Å². The number of rotatable bonds is 11. The first kappa shape index (κ1) is 26.7. The average molecular weight is 445 g/mol. The van der Waals surface area contributed by atoms with Crippen molar-refractivity contribution in [3.8, 4) is 0 Å². The molecule has 0 fully saturated rings. The van der Waals surface area contributed by atoms with Crippen molar-refractivity contribution in [1.82, 2.24) is 21.3 Å². The zero-order valence-electron chi connectivity index (χ0n) is 19.0. The lowest BCUT2D eigenvalue weighted by Gasteiger charge is -2.24. The van der Waals surface area contributed by atoms with Crippen LogP contribution in [-0.4, -0.2) is 69.2 Å². The summed E-state index contributed by atoms with van der Waals surface area (Å²) in [6.45, 7) is 6.10. The maximum absolute atomic E-state index is 12.7. The van der Waals surface area contributed by atoms with Crippen molar-refractivity contribution < 1.29 is 28.7 Å². The molecule has 173 valence electrons. The fourth-order valence-corrected chi connectivity index (χ4v) is 2.69. The van der Waals surface area contributed by atoms with Gasteiger partial charge in [-0.25, -0.2) is 4.79 Å². The van der Waals surface area contributed by atoms with Gasteiger partial charge in [-0.1, -0.05) is 50.4 Å². The third-order valence-corrected chi connectivity index (χ3v) is 4.59. The van der Waals surface area contributed by atoms with Gasteiger partial charge in [0.1, 0.15) is 19.4 Å². The van der Waals surface area contributed by atoms with Gasteiger partial charge in [0.2, 0.25) is 17.7 Å². The van der Waals surface area contributed by atoms with Crippen LogP contribution in [0.15, 0.2) is 24.3 Å². The van der Waals surface area contributed by atoms with Gasteiger partial charge in [-0.05, 0) is 5.92 Å². The van der Waals surface area contributed by atoms with Gasteiger partial charge in [0.25, 0.3) is 0 Å². The van der Waals surface area contributed by atoms with Crippen LogP contribution >= 0.6 is 0 Å². The number of nitrogens with one attached hydrogen (secondary N) is 4. The number of benzene rings is 1. The van der Waals surface area contributed by atoms with Gasteiger partial charge in [0.15, 0.2) is 5.78 Å². The largest absolute Gasteiger partial charge is 0.453 e. The van der Waals surface area contributed by atoms with Crippen molar-refractivity contribution in [2.24, 2.45) is 5.92 Å². The quantitative estimate of drug-likeness (QED) is 0.264. The molecule has 0 aliphatic rings. The molecular formula is C21H30BN4O6. The lowest BCUT2D eigenvalue weighted by molar-refractivity contribution is -0.130. The number of Topliss-reactive ketones (excluding diaryl/α,β-unsaturated/α-hetero) is 1. The average Bonchev–Trinajstić information content (AvgIpc) is 2.77. The highest BCUT2D eigenvalue weighted by Gasteiger charge is 2.29. The van der Waals surface area contributed by atoms with Gasteiger partial charge < -0.3 is 26.0 Å². The lowest BCUT2D eigenvalue weighted by atomic mass is 9.73. The second-order valence-corrected chi connectivity index (χ2v) is 7.41. The third-order valence-electron chi connectivity index (χ3n) is 4.59. The molecule has 0 heterocycles. The van der Waals surface area contributed by atoms with Crippen LogP contribution in [0.5, 0.6) is 0 Å². The number of methoxy groups -OCH3 is 1. The Hall–Kier alpha value is -3.37. The molecule has 0 saturated heterocycles. The van der Waals surface area contributed by atoms with Crippen molar-refractivity contribution in [3.63, 3.8) is 0 Å². The number of carbonyl (C=O) groups excluding carboxylic acids is 5. The molecule has 11 heteroatoms. The fraction of sp³-hybridized carbons (Fsp3) is 0.476. The predicted molar refractivity (Wildman–Crippen MR) is 120 cm³/mol. The van der Waals surface area contributed by atoms with E-state index in [2.05, 4.69) is 26.0 Å². The van der Waals surface area contributed by atoms with E-state index >= 15 is 0 Å². The van der Waals surface area contributed by atoms with Crippen molar-refractivity contribution in [1.29, 1.82) is 0 Å². The maximum Gasteiger partial charge on any atom is 0.407 e. The first-order valence-electron chi connectivity index (χ1n) is 10.2. The molecule has 4 amide bonds. The van der Waals surface area contributed by atoms with E-state index in [-0.39, 0.29) is 24.8 Å². The van der Waals surface area contributed by atoms with Crippen LogP contribution in [0.4, 0.5) is 4.79 Å². The van der Waals surface area contributed by atoms with Gasteiger partial charge in [0.05, 0.1) is 13.7 Å². The monoisotopic (exact) mass is 445 g/mol. The van der Waals surface area contributed by atoms with Crippen LogP contribution in [0.1, 0.15) is 31.1 Å². The highest BCUT2D eigenvalue weighted by atomic mass is 16.5. The predicted octanol–water partition coefficient (Wildman–Crippen LogP) is -0.635. The van der Waals surface area contributed by atoms with E-state index in [1.165, 1.54) is 14.0 Å². The molecule has 10 nitrogen and oxygen atoms in total. The second kappa shape index (κ2) is 13.1.